The number of carbonyl (C=O) groups is 2. The number of aromatic nitrogens is 2. The fourth-order valence-electron chi connectivity index (χ4n) is 2.66. The molecule has 1 atom stereocenters. The van der Waals surface area contributed by atoms with Crippen molar-refractivity contribution in [3.8, 4) is 0 Å². The van der Waals surface area contributed by atoms with Crippen LogP contribution in [-0.2, 0) is 23.2 Å². The third-order valence-corrected chi connectivity index (χ3v) is 4.25. The summed E-state index contributed by atoms with van der Waals surface area (Å²) >= 11 is 6.13. The molecule has 1 aliphatic rings. The molecule has 1 aromatic carbocycles. The number of halogens is 1. The molecular weight excluding hydrogens is 316 g/mol. The Morgan fingerprint density at radius 1 is 1.43 bits per heavy atom. The molecule has 2 amide bonds. The lowest BCUT2D eigenvalue weighted by molar-refractivity contribution is -0.128. The van der Waals surface area contributed by atoms with E-state index in [1.54, 1.807) is 35.1 Å². The number of hydrogen-bond donors (Lipinski definition) is 1. The number of rotatable bonds is 4. The van der Waals surface area contributed by atoms with E-state index in [1.165, 1.54) is 0 Å². The van der Waals surface area contributed by atoms with Gasteiger partial charge in [-0.2, -0.15) is 5.10 Å². The molecule has 0 spiro atoms. The van der Waals surface area contributed by atoms with Crippen molar-refractivity contribution >= 4 is 29.1 Å². The van der Waals surface area contributed by atoms with Crippen LogP contribution in [-0.4, -0.2) is 33.0 Å². The molecule has 120 valence electrons. The number of benzene rings is 1. The summed E-state index contributed by atoms with van der Waals surface area (Å²) < 4.78 is 1.61. The molecule has 1 aromatic heterocycles. The van der Waals surface area contributed by atoms with E-state index in [0.29, 0.717) is 23.8 Å². The molecule has 7 heteroatoms. The number of nitrogens with zero attached hydrogens (tertiary/aromatic N) is 3. The molecule has 1 unspecified atom stereocenters. The zero-order valence-electron chi connectivity index (χ0n) is 12.7. The average Bonchev–Trinajstić information content (AvgIpc) is 3.08. The maximum atomic E-state index is 12.3. The Morgan fingerprint density at radius 3 is 2.91 bits per heavy atom. The quantitative estimate of drug-likeness (QED) is 0.932. The van der Waals surface area contributed by atoms with Gasteiger partial charge < -0.3 is 10.2 Å². The van der Waals surface area contributed by atoms with Gasteiger partial charge in [0.2, 0.25) is 11.8 Å². The SMILES string of the molecule is Cn1cc(NC(=O)C2CC(=O)N(Cc3ccccc3Cl)C2)cn1. The highest BCUT2D eigenvalue weighted by Crippen LogP contribution is 2.24. The molecule has 2 heterocycles. The second kappa shape index (κ2) is 6.42. The summed E-state index contributed by atoms with van der Waals surface area (Å²) in [5.74, 6) is -0.547. The van der Waals surface area contributed by atoms with E-state index in [2.05, 4.69) is 10.4 Å². The number of hydrogen-bond acceptors (Lipinski definition) is 3. The summed E-state index contributed by atoms with van der Waals surface area (Å²) in [4.78, 5) is 26.1. The lowest BCUT2D eigenvalue weighted by Crippen LogP contribution is -2.28. The first-order valence-electron chi connectivity index (χ1n) is 7.33. The van der Waals surface area contributed by atoms with Gasteiger partial charge in [-0.15, -0.1) is 0 Å². The lowest BCUT2D eigenvalue weighted by Gasteiger charge is -2.17. The topological polar surface area (TPSA) is 67.2 Å². The maximum Gasteiger partial charge on any atom is 0.229 e. The molecular formula is C16H17ClN4O2. The normalized spacial score (nSPS) is 17.6. The summed E-state index contributed by atoms with van der Waals surface area (Å²) in [5, 5.41) is 7.42. The van der Waals surface area contributed by atoms with Crippen molar-refractivity contribution < 1.29 is 9.59 Å². The second-order valence-corrected chi connectivity index (χ2v) is 6.07. The Morgan fingerprint density at radius 2 is 2.22 bits per heavy atom. The highest BCUT2D eigenvalue weighted by atomic mass is 35.5. The van der Waals surface area contributed by atoms with E-state index in [1.807, 2.05) is 18.2 Å². The van der Waals surface area contributed by atoms with Gasteiger partial charge in [-0.05, 0) is 11.6 Å². The number of aryl methyl sites for hydroxylation is 1. The zero-order chi connectivity index (χ0) is 16.4. The molecule has 1 saturated heterocycles. The van der Waals surface area contributed by atoms with Crippen molar-refractivity contribution in [2.45, 2.75) is 13.0 Å². The van der Waals surface area contributed by atoms with Crippen molar-refractivity contribution in [3.63, 3.8) is 0 Å². The van der Waals surface area contributed by atoms with Crippen molar-refractivity contribution in [2.75, 3.05) is 11.9 Å². The van der Waals surface area contributed by atoms with E-state index < -0.39 is 0 Å². The van der Waals surface area contributed by atoms with Crippen LogP contribution in [0.15, 0.2) is 36.7 Å². The minimum Gasteiger partial charge on any atom is -0.337 e. The van der Waals surface area contributed by atoms with Crippen LogP contribution in [0.1, 0.15) is 12.0 Å². The van der Waals surface area contributed by atoms with Gasteiger partial charge in [0, 0.05) is 37.8 Å². The molecule has 1 fully saturated rings. The molecule has 23 heavy (non-hydrogen) atoms. The summed E-state index contributed by atoms with van der Waals surface area (Å²) in [6, 6.07) is 7.42. The fourth-order valence-corrected chi connectivity index (χ4v) is 2.86. The highest BCUT2D eigenvalue weighted by Gasteiger charge is 2.34. The van der Waals surface area contributed by atoms with Crippen LogP contribution in [0.5, 0.6) is 0 Å². The number of anilines is 1. The van der Waals surface area contributed by atoms with Crippen molar-refractivity contribution in [1.82, 2.24) is 14.7 Å². The molecule has 3 rings (SSSR count). The van der Waals surface area contributed by atoms with Gasteiger partial charge in [0.15, 0.2) is 0 Å². The lowest BCUT2D eigenvalue weighted by atomic mass is 10.1. The standard InChI is InChI=1S/C16H17ClN4O2/c1-20-10-13(7-18-20)19-16(23)12-6-15(22)21(9-12)8-11-4-2-3-5-14(11)17/h2-5,7,10,12H,6,8-9H2,1H3,(H,19,23). The average molecular weight is 333 g/mol. The van der Waals surface area contributed by atoms with Crippen molar-refractivity contribution in [2.24, 2.45) is 13.0 Å². The summed E-state index contributed by atoms with van der Waals surface area (Å²) in [7, 11) is 1.78. The monoisotopic (exact) mass is 332 g/mol. The zero-order valence-corrected chi connectivity index (χ0v) is 13.5. The molecule has 0 aliphatic carbocycles. The van der Waals surface area contributed by atoms with Gasteiger partial charge in [0.1, 0.15) is 0 Å². The second-order valence-electron chi connectivity index (χ2n) is 5.66. The van der Waals surface area contributed by atoms with Crippen LogP contribution in [0.25, 0.3) is 0 Å². The van der Waals surface area contributed by atoms with E-state index in [0.717, 1.165) is 5.56 Å². The number of amides is 2. The largest absolute Gasteiger partial charge is 0.337 e. The molecule has 1 N–H and O–H groups in total. The van der Waals surface area contributed by atoms with Crippen molar-refractivity contribution in [3.05, 3.63) is 47.2 Å². The van der Waals surface area contributed by atoms with E-state index >= 15 is 0 Å². The first-order chi connectivity index (χ1) is 11.0. The van der Waals surface area contributed by atoms with Crippen LogP contribution in [0.2, 0.25) is 5.02 Å². The van der Waals surface area contributed by atoms with E-state index in [9.17, 15) is 9.59 Å². The van der Waals surface area contributed by atoms with E-state index in [-0.39, 0.29) is 24.2 Å². The van der Waals surface area contributed by atoms with E-state index in [4.69, 9.17) is 11.6 Å². The molecule has 2 aromatic rings. The van der Waals surface area contributed by atoms with Crippen LogP contribution in [0, 0.1) is 5.92 Å². The molecule has 0 saturated carbocycles. The predicted octanol–water partition coefficient (Wildman–Crippen LogP) is 2.06. The Balaban J connectivity index is 1.63. The van der Waals surface area contributed by atoms with Gasteiger partial charge in [-0.3, -0.25) is 14.3 Å². The fraction of sp³-hybridized carbons (Fsp3) is 0.312. The van der Waals surface area contributed by atoms with Crippen LogP contribution in [0.4, 0.5) is 5.69 Å². The molecule has 1 aliphatic heterocycles. The van der Waals surface area contributed by atoms with Gasteiger partial charge >= 0.3 is 0 Å². The van der Waals surface area contributed by atoms with Gasteiger partial charge in [0.05, 0.1) is 17.8 Å². The summed E-state index contributed by atoms with van der Waals surface area (Å²) in [5.41, 5.74) is 1.52. The first-order valence-corrected chi connectivity index (χ1v) is 7.71. The third-order valence-electron chi connectivity index (χ3n) is 3.88. The molecule has 0 bridgehead atoms. The van der Waals surface area contributed by atoms with Crippen molar-refractivity contribution in [1.29, 1.82) is 0 Å². The smallest absolute Gasteiger partial charge is 0.229 e. The minimum absolute atomic E-state index is 0.0312. The van der Waals surface area contributed by atoms with Crippen LogP contribution in [0.3, 0.4) is 0 Å². The summed E-state index contributed by atoms with van der Waals surface area (Å²) in [6.07, 6.45) is 3.52. The van der Waals surface area contributed by atoms with Gasteiger partial charge in [0.25, 0.3) is 0 Å². The Kier molecular flexibility index (Phi) is 4.34. The minimum atomic E-state index is -0.356. The van der Waals surface area contributed by atoms with Gasteiger partial charge in [-0.1, -0.05) is 29.8 Å². The number of carbonyl (C=O) groups excluding carboxylic acids is 2. The van der Waals surface area contributed by atoms with Crippen LogP contribution < -0.4 is 5.32 Å². The summed E-state index contributed by atoms with van der Waals surface area (Å²) in [6.45, 7) is 0.825. The maximum absolute atomic E-state index is 12.3. The Labute approximate surface area is 139 Å². The molecule has 6 nitrogen and oxygen atoms in total. The number of nitrogens with one attached hydrogen (secondary N) is 1. The van der Waals surface area contributed by atoms with Crippen LogP contribution >= 0.6 is 11.6 Å². The molecule has 0 radical (unpaired) electrons. The first kappa shape index (κ1) is 15.6. The highest BCUT2D eigenvalue weighted by molar-refractivity contribution is 6.31. The Hall–Kier alpha value is -2.34. The Bertz CT molecular complexity index is 743. The number of likely N-dealkylation sites (tertiary alicyclic amines) is 1. The third kappa shape index (κ3) is 3.53. The van der Waals surface area contributed by atoms with Gasteiger partial charge in [-0.25, -0.2) is 0 Å². The predicted molar refractivity (Wildman–Crippen MR) is 86.8 cm³/mol.